The SMILES string of the molecule is CC.CC.Cn1cnc([N+](=O)[O-])c1Sc1ncnc2nc[nH]c12. The summed E-state index contributed by atoms with van der Waals surface area (Å²) >= 11 is 1.15. The van der Waals surface area contributed by atoms with E-state index in [2.05, 4.69) is 24.9 Å². The Morgan fingerprint density at radius 3 is 2.52 bits per heavy atom. The van der Waals surface area contributed by atoms with E-state index < -0.39 is 4.92 Å². The molecule has 3 aromatic rings. The standard InChI is InChI=1S/C9H7N7O2S.2C2H6/c1-15-4-14-7(16(17)18)9(15)19-8-5-6(11-2-10-5)12-3-13-8;2*1-2/h2-4H,1H3,(H,10,11,12,13);2*1-2H3. The number of aromatic amines is 1. The third-order valence-electron chi connectivity index (χ3n) is 2.42. The maximum Gasteiger partial charge on any atom is 0.396 e. The van der Waals surface area contributed by atoms with Crippen LogP contribution >= 0.6 is 11.8 Å². The summed E-state index contributed by atoms with van der Waals surface area (Å²) in [4.78, 5) is 29.2. The zero-order valence-corrected chi connectivity index (χ0v) is 14.5. The molecule has 3 aromatic heterocycles. The van der Waals surface area contributed by atoms with Crippen molar-refractivity contribution >= 4 is 28.7 Å². The molecule has 124 valence electrons. The first-order chi connectivity index (χ1) is 11.2. The number of aryl methyl sites for hydroxylation is 1. The zero-order valence-electron chi connectivity index (χ0n) is 13.6. The quantitative estimate of drug-likeness (QED) is 0.443. The summed E-state index contributed by atoms with van der Waals surface area (Å²) in [5, 5.41) is 11.9. The highest BCUT2D eigenvalue weighted by atomic mass is 32.2. The lowest BCUT2D eigenvalue weighted by Gasteiger charge is -2.01. The summed E-state index contributed by atoms with van der Waals surface area (Å²) in [5.74, 6) is -0.196. The van der Waals surface area contributed by atoms with Crippen LogP contribution in [0, 0.1) is 10.1 Å². The van der Waals surface area contributed by atoms with Crippen LogP contribution in [0.25, 0.3) is 11.2 Å². The number of imidazole rings is 2. The van der Waals surface area contributed by atoms with E-state index in [1.165, 1.54) is 19.0 Å². The van der Waals surface area contributed by atoms with Crippen molar-refractivity contribution in [3.05, 3.63) is 29.1 Å². The van der Waals surface area contributed by atoms with Crippen LogP contribution in [0.15, 0.2) is 29.0 Å². The van der Waals surface area contributed by atoms with Gasteiger partial charge in [-0.15, -0.1) is 0 Å². The van der Waals surface area contributed by atoms with E-state index in [1.807, 2.05) is 27.7 Å². The third-order valence-corrected chi connectivity index (χ3v) is 3.59. The maximum atomic E-state index is 10.9. The Morgan fingerprint density at radius 2 is 1.87 bits per heavy atom. The van der Waals surface area contributed by atoms with E-state index in [4.69, 9.17) is 0 Å². The van der Waals surface area contributed by atoms with E-state index in [1.54, 1.807) is 11.6 Å². The molecule has 0 saturated heterocycles. The molecule has 0 radical (unpaired) electrons. The first-order valence-electron chi connectivity index (χ1n) is 7.14. The van der Waals surface area contributed by atoms with E-state index in [0.717, 1.165) is 11.8 Å². The van der Waals surface area contributed by atoms with Gasteiger partial charge in [-0.3, -0.25) is 0 Å². The minimum Gasteiger partial charge on any atom is -0.358 e. The van der Waals surface area contributed by atoms with Crippen LogP contribution in [0.4, 0.5) is 5.82 Å². The van der Waals surface area contributed by atoms with E-state index in [9.17, 15) is 10.1 Å². The van der Waals surface area contributed by atoms with Crippen molar-refractivity contribution in [2.75, 3.05) is 0 Å². The highest BCUT2D eigenvalue weighted by Gasteiger charge is 2.22. The summed E-state index contributed by atoms with van der Waals surface area (Å²) in [5.41, 5.74) is 1.16. The lowest BCUT2D eigenvalue weighted by molar-refractivity contribution is -0.392. The number of hydrogen-bond donors (Lipinski definition) is 1. The van der Waals surface area contributed by atoms with E-state index in [-0.39, 0.29) is 5.82 Å². The summed E-state index contributed by atoms with van der Waals surface area (Å²) in [6, 6.07) is 0. The van der Waals surface area contributed by atoms with Crippen LogP contribution in [-0.2, 0) is 7.05 Å². The fourth-order valence-corrected chi connectivity index (χ4v) is 2.51. The Hall–Kier alpha value is -2.49. The van der Waals surface area contributed by atoms with Gasteiger partial charge in [-0.05, 0) is 21.7 Å². The second-order valence-electron chi connectivity index (χ2n) is 3.62. The number of nitrogens with one attached hydrogen (secondary N) is 1. The second kappa shape index (κ2) is 8.83. The van der Waals surface area contributed by atoms with Gasteiger partial charge in [0.05, 0.1) is 6.33 Å². The number of aromatic nitrogens is 6. The van der Waals surface area contributed by atoms with Gasteiger partial charge in [-0.25, -0.2) is 15.0 Å². The van der Waals surface area contributed by atoms with Crippen molar-refractivity contribution in [1.29, 1.82) is 0 Å². The minimum atomic E-state index is -0.520. The molecule has 0 amide bonds. The molecule has 23 heavy (non-hydrogen) atoms. The van der Waals surface area contributed by atoms with Gasteiger partial charge in [0.2, 0.25) is 6.33 Å². The van der Waals surface area contributed by atoms with E-state index in [0.29, 0.717) is 21.2 Å². The summed E-state index contributed by atoms with van der Waals surface area (Å²) < 4.78 is 1.58. The van der Waals surface area contributed by atoms with Crippen LogP contribution in [0.2, 0.25) is 0 Å². The average Bonchev–Trinajstić information content (AvgIpc) is 3.19. The highest BCUT2D eigenvalue weighted by Crippen LogP contribution is 2.34. The van der Waals surface area contributed by atoms with Gasteiger partial charge in [-0.1, -0.05) is 27.7 Å². The topological polar surface area (TPSA) is 115 Å². The predicted octanol–water partition coefficient (Wildman–Crippen LogP) is 3.20. The van der Waals surface area contributed by atoms with Gasteiger partial charge >= 0.3 is 5.82 Å². The molecule has 0 saturated carbocycles. The number of rotatable bonds is 3. The Labute approximate surface area is 137 Å². The Bertz CT molecular complexity index is 769. The zero-order chi connectivity index (χ0) is 17.4. The highest BCUT2D eigenvalue weighted by molar-refractivity contribution is 7.99. The first kappa shape index (κ1) is 18.6. The fraction of sp³-hybridized carbons (Fsp3) is 0.385. The van der Waals surface area contributed by atoms with Crippen LogP contribution in [0.5, 0.6) is 0 Å². The Kier molecular flexibility index (Phi) is 7.13. The molecule has 0 fully saturated rings. The number of nitrogens with zero attached hydrogens (tertiary/aromatic N) is 6. The molecule has 3 heterocycles. The fourth-order valence-electron chi connectivity index (χ4n) is 1.56. The number of fused-ring (bicyclic) bond motifs is 1. The largest absolute Gasteiger partial charge is 0.396 e. The lowest BCUT2D eigenvalue weighted by Crippen LogP contribution is -1.95. The average molecular weight is 337 g/mol. The van der Waals surface area contributed by atoms with Crippen molar-refractivity contribution in [3.8, 4) is 0 Å². The first-order valence-corrected chi connectivity index (χ1v) is 7.96. The molecule has 0 aliphatic rings. The number of hydrogen-bond acceptors (Lipinski definition) is 7. The summed E-state index contributed by atoms with van der Waals surface area (Å²) in [7, 11) is 1.69. The van der Waals surface area contributed by atoms with E-state index >= 15 is 0 Å². The Morgan fingerprint density at radius 1 is 1.17 bits per heavy atom. The second-order valence-corrected chi connectivity index (χ2v) is 4.60. The Balaban J connectivity index is 0.000000615. The predicted molar refractivity (Wildman–Crippen MR) is 88.4 cm³/mol. The van der Waals surface area contributed by atoms with Crippen molar-refractivity contribution in [2.45, 2.75) is 37.7 Å². The van der Waals surface area contributed by atoms with Crippen LogP contribution in [-0.4, -0.2) is 34.4 Å². The van der Waals surface area contributed by atoms with Crippen molar-refractivity contribution in [2.24, 2.45) is 7.05 Å². The molecule has 0 aromatic carbocycles. The van der Waals surface area contributed by atoms with Gasteiger partial charge < -0.3 is 19.7 Å². The molecular formula is C13H19N7O2S. The lowest BCUT2D eigenvalue weighted by atomic mass is 10.6. The van der Waals surface area contributed by atoms with Gasteiger partial charge in [0.15, 0.2) is 10.7 Å². The van der Waals surface area contributed by atoms with Crippen LogP contribution in [0.3, 0.4) is 0 Å². The molecule has 10 heteroatoms. The van der Waals surface area contributed by atoms with Crippen LogP contribution < -0.4 is 0 Å². The van der Waals surface area contributed by atoms with Gasteiger partial charge in [-0.2, -0.15) is 0 Å². The normalized spacial score (nSPS) is 9.61. The van der Waals surface area contributed by atoms with Gasteiger partial charge in [0.25, 0.3) is 0 Å². The van der Waals surface area contributed by atoms with Crippen molar-refractivity contribution < 1.29 is 4.92 Å². The number of nitro groups is 1. The molecular weight excluding hydrogens is 318 g/mol. The molecule has 0 aliphatic heterocycles. The molecule has 0 aliphatic carbocycles. The smallest absolute Gasteiger partial charge is 0.358 e. The molecule has 1 N–H and O–H groups in total. The summed E-state index contributed by atoms with van der Waals surface area (Å²) in [6.45, 7) is 8.00. The summed E-state index contributed by atoms with van der Waals surface area (Å²) in [6.07, 6.45) is 4.26. The third kappa shape index (κ3) is 4.03. The minimum absolute atomic E-state index is 0.196. The molecule has 0 unspecified atom stereocenters. The maximum absolute atomic E-state index is 10.9. The molecule has 0 spiro atoms. The molecule has 0 bridgehead atoms. The van der Waals surface area contributed by atoms with Gasteiger partial charge in [0.1, 0.15) is 16.9 Å². The monoisotopic (exact) mass is 337 g/mol. The van der Waals surface area contributed by atoms with Crippen molar-refractivity contribution in [1.82, 2.24) is 29.5 Å². The number of H-pyrrole nitrogens is 1. The molecule has 9 nitrogen and oxygen atoms in total. The van der Waals surface area contributed by atoms with Gasteiger partial charge in [0, 0.05) is 7.05 Å². The molecule has 0 atom stereocenters. The molecule has 3 rings (SSSR count). The van der Waals surface area contributed by atoms with Crippen molar-refractivity contribution in [3.63, 3.8) is 0 Å². The van der Waals surface area contributed by atoms with Crippen LogP contribution in [0.1, 0.15) is 27.7 Å².